The highest BCUT2D eigenvalue weighted by Gasteiger charge is 2.13. The molecule has 0 saturated carbocycles. The van der Waals surface area contributed by atoms with Gasteiger partial charge in [0.25, 0.3) is 0 Å². The molecule has 2 N–H and O–H groups in total. The number of aliphatic hydroxyl groups is 1. The summed E-state index contributed by atoms with van der Waals surface area (Å²) >= 11 is 0. The van der Waals surface area contributed by atoms with E-state index in [0.29, 0.717) is 5.92 Å². The highest BCUT2D eigenvalue weighted by Crippen LogP contribution is 2.16. The Morgan fingerprint density at radius 2 is 2.11 bits per heavy atom. The molecule has 2 unspecified atom stereocenters. The van der Waals surface area contributed by atoms with Crippen LogP contribution in [0.1, 0.15) is 44.8 Å². The highest BCUT2D eigenvalue weighted by atomic mass is 19.1. The number of nitrogens with zero attached hydrogens (tertiary/aromatic N) is 1. The lowest BCUT2D eigenvalue weighted by atomic mass is 10.0. The Labute approximate surface area is 108 Å². The summed E-state index contributed by atoms with van der Waals surface area (Å²) in [6.07, 6.45) is 4.02. The Hall–Kier alpha value is -1.00. The van der Waals surface area contributed by atoms with E-state index in [4.69, 9.17) is 5.11 Å². The molecule has 2 atom stereocenters. The quantitative estimate of drug-likeness (QED) is 0.749. The summed E-state index contributed by atoms with van der Waals surface area (Å²) in [5, 5.41) is 12.4. The number of pyridine rings is 1. The molecule has 0 fully saturated rings. The van der Waals surface area contributed by atoms with E-state index in [0.717, 1.165) is 31.5 Å². The minimum atomic E-state index is -0.305. The van der Waals surface area contributed by atoms with Crippen molar-refractivity contribution < 1.29 is 9.50 Å². The van der Waals surface area contributed by atoms with Crippen molar-refractivity contribution in [3.8, 4) is 0 Å². The maximum atomic E-state index is 12.8. The van der Waals surface area contributed by atoms with Crippen molar-refractivity contribution >= 4 is 0 Å². The number of aromatic nitrogens is 1. The minimum Gasteiger partial charge on any atom is -0.396 e. The maximum absolute atomic E-state index is 12.8. The van der Waals surface area contributed by atoms with Crippen LogP contribution in [0.25, 0.3) is 0 Å². The lowest BCUT2D eigenvalue weighted by molar-refractivity contribution is 0.248. The molecule has 0 saturated heterocycles. The second kappa shape index (κ2) is 8.16. The molecule has 0 bridgehead atoms. The van der Waals surface area contributed by atoms with Crippen LogP contribution in [-0.2, 0) is 0 Å². The summed E-state index contributed by atoms with van der Waals surface area (Å²) in [4.78, 5) is 4.11. The summed E-state index contributed by atoms with van der Waals surface area (Å²) in [5.41, 5.74) is 0.873. The maximum Gasteiger partial charge on any atom is 0.141 e. The van der Waals surface area contributed by atoms with Crippen molar-refractivity contribution in [1.29, 1.82) is 0 Å². The van der Waals surface area contributed by atoms with Gasteiger partial charge >= 0.3 is 0 Å². The molecule has 0 amide bonds. The Morgan fingerprint density at radius 3 is 2.61 bits per heavy atom. The second-order valence-electron chi connectivity index (χ2n) is 4.56. The van der Waals surface area contributed by atoms with Crippen LogP contribution in [0.3, 0.4) is 0 Å². The summed E-state index contributed by atoms with van der Waals surface area (Å²) in [5.74, 6) is 0.171. The number of aliphatic hydroxyl groups excluding tert-OH is 1. The Balaban J connectivity index is 2.53. The fraction of sp³-hybridized carbons (Fsp3) is 0.643. The van der Waals surface area contributed by atoms with E-state index in [1.165, 1.54) is 12.3 Å². The topological polar surface area (TPSA) is 45.1 Å². The molecule has 0 aromatic carbocycles. The molecule has 0 radical (unpaired) electrons. The van der Waals surface area contributed by atoms with Crippen LogP contribution in [0.15, 0.2) is 18.3 Å². The first-order chi connectivity index (χ1) is 8.71. The van der Waals surface area contributed by atoms with E-state index < -0.39 is 0 Å². The predicted octanol–water partition coefficient (Wildman–Crippen LogP) is 2.67. The van der Waals surface area contributed by atoms with E-state index in [1.807, 2.05) is 0 Å². The van der Waals surface area contributed by atoms with Gasteiger partial charge in [-0.1, -0.05) is 20.3 Å². The van der Waals surface area contributed by atoms with Gasteiger partial charge in [-0.05, 0) is 37.4 Å². The van der Waals surface area contributed by atoms with Gasteiger partial charge in [-0.3, -0.25) is 4.98 Å². The molecule has 0 aliphatic heterocycles. The van der Waals surface area contributed by atoms with Crippen molar-refractivity contribution in [2.75, 3.05) is 13.2 Å². The van der Waals surface area contributed by atoms with E-state index in [1.54, 1.807) is 6.07 Å². The van der Waals surface area contributed by atoms with E-state index in [2.05, 4.69) is 24.1 Å². The van der Waals surface area contributed by atoms with E-state index in [9.17, 15) is 4.39 Å². The normalized spacial score (nSPS) is 14.4. The fourth-order valence-corrected chi connectivity index (χ4v) is 1.99. The number of hydrogen-bond acceptors (Lipinski definition) is 3. The molecule has 0 aliphatic rings. The fourth-order valence-electron chi connectivity index (χ4n) is 1.99. The molecule has 4 heteroatoms. The lowest BCUT2D eigenvalue weighted by Gasteiger charge is -2.20. The van der Waals surface area contributed by atoms with Gasteiger partial charge in [-0.15, -0.1) is 0 Å². The van der Waals surface area contributed by atoms with Gasteiger partial charge in [-0.2, -0.15) is 0 Å². The number of halogens is 1. The van der Waals surface area contributed by atoms with E-state index >= 15 is 0 Å². The van der Waals surface area contributed by atoms with Gasteiger partial charge < -0.3 is 10.4 Å². The molecule has 1 aromatic heterocycles. The SMILES string of the molecule is CCC(CCO)CNC(CC)c1ccc(F)cn1. The van der Waals surface area contributed by atoms with Gasteiger partial charge in [0.05, 0.1) is 11.9 Å². The van der Waals surface area contributed by atoms with Crippen LogP contribution in [0, 0.1) is 11.7 Å². The molecule has 102 valence electrons. The van der Waals surface area contributed by atoms with E-state index in [-0.39, 0.29) is 18.5 Å². The molecule has 1 aromatic rings. The number of nitrogens with one attached hydrogen (secondary N) is 1. The summed E-state index contributed by atoms with van der Waals surface area (Å²) in [6.45, 7) is 5.29. The zero-order chi connectivity index (χ0) is 13.4. The Morgan fingerprint density at radius 1 is 1.33 bits per heavy atom. The first-order valence-corrected chi connectivity index (χ1v) is 6.66. The van der Waals surface area contributed by atoms with Crippen molar-refractivity contribution in [3.05, 3.63) is 29.8 Å². The van der Waals surface area contributed by atoms with Gasteiger partial charge in [0.1, 0.15) is 5.82 Å². The van der Waals surface area contributed by atoms with Crippen LogP contribution >= 0.6 is 0 Å². The molecule has 3 nitrogen and oxygen atoms in total. The van der Waals surface area contributed by atoms with Crippen molar-refractivity contribution in [1.82, 2.24) is 10.3 Å². The molecular formula is C14H23FN2O. The van der Waals surface area contributed by atoms with Crippen LogP contribution in [0.4, 0.5) is 4.39 Å². The average molecular weight is 254 g/mol. The summed E-state index contributed by atoms with van der Waals surface area (Å²) < 4.78 is 12.8. The molecular weight excluding hydrogens is 231 g/mol. The van der Waals surface area contributed by atoms with Crippen LogP contribution in [0.5, 0.6) is 0 Å². The largest absolute Gasteiger partial charge is 0.396 e. The lowest BCUT2D eigenvalue weighted by Crippen LogP contribution is -2.28. The summed E-state index contributed by atoms with van der Waals surface area (Å²) in [7, 11) is 0. The van der Waals surface area contributed by atoms with Gasteiger partial charge in [0.2, 0.25) is 0 Å². The Bertz CT molecular complexity index is 329. The van der Waals surface area contributed by atoms with Gasteiger partial charge in [0.15, 0.2) is 0 Å². The number of rotatable bonds is 8. The van der Waals surface area contributed by atoms with Crippen molar-refractivity contribution in [3.63, 3.8) is 0 Å². The molecule has 18 heavy (non-hydrogen) atoms. The van der Waals surface area contributed by atoms with Crippen LogP contribution in [-0.4, -0.2) is 23.2 Å². The number of hydrogen-bond donors (Lipinski definition) is 2. The standard InChI is InChI=1S/C14H23FN2O/c1-3-11(7-8-18)9-16-13(4-2)14-6-5-12(15)10-17-14/h5-6,10-11,13,16,18H,3-4,7-9H2,1-2H3. The van der Waals surface area contributed by atoms with Crippen LogP contribution in [0.2, 0.25) is 0 Å². The molecule has 0 aliphatic carbocycles. The minimum absolute atomic E-state index is 0.151. The van der Waals surface area contributed by atoms with Crippen molar-refractivity contribution in [2.45, 2.75) is 39.2 Å². The third-order valence-electron chi connectivity index (χ3n) is 3.28. The summed E-state index contributed by atoms with van der Waals surface area (Å²) in [6, 6.07) is 3.32. The van der Waals surface area contributed by atoms with Gasteiger partial charge in [-0.25, -0.2) is 4.39 Å². The average Bonchev–Trinajstić information content (AvgIpc) is 2.40. The smallest absolute Gasteiger partial charge is 0.141 e. The third kappa shape index (κ3) is 4.70. The zero-order valence-electron chi connectivity index (χ0n) is 11.2. The monoisotopic (exact) mass is 254 g/mol. The molecule has 0 spiro atoms. The predicted molar refractivity (Wildman–Crippen MR) is 70.7 cm³/mol. The highest BCUT2D eigenvalue weighted by molar-refractivity contribution is 5.09. The zero-order valence-corrected chi connectivity index (χ0v) is 11.2. The molecule has 1 heterocycles. The Kier molecular flexibility index (Phi) is 6.83. The van der Waals surface area contributed by atoms with Crippen molar-refractivity contribution in [2.24, 2.45) is 5.92 Å². The first-order valence-electron chi connectivity index (χ1n) is 6.66. The molecule has 1 rings (SSSR count). The first kappa shape index (κ1) is 15.1. The second-order valence-corrected chi connectivity index (χ2v) is 4.56. The third-order valence-corrected chi connectivity index (χ3v) is 3.28. The van der Waals surface area contributed by atoms with Crippen LogP contribution < -0.4 is 5.32 Å². The van der Waals surface area contributed by atoms with Gasteiger partial charge in [0, 0.05) is 12.6 Å².